The Bertz CT molecular complexity index is 1350. The van der Waals surface area contributed by atoms with E-state index >= 15 is 0 Å². The zero-order valence-electron chi connectivity index (χ0n) is 18.9. The average Bonchev–Trinajstić information content (AvgIpc) is 3.47. The van der Waals surface area contributed by atoms with Crippen LogP contribution in [-0.2, 0) is 5.54 Å². The SMILES string of the molecule is Cc1c(-c2cnc3ccccc3c2)c2c(N)ncnc2n1C12CCC(CNCCF)(CC1)C2. The van der Waals surface area contributed by atoms with Crippen LogP contribution < -0.4 is 11.1 Å². The molecule has 2 aliphatic rings. The third kappa shape index (κ3) is 3.05. The molecule has 3 aromatic heterocycles. The molecule has 4 aromatic rings. The second-order valence-corrected chi connectivity index (χ2v) is 9.94. The molecule has 1 aromatic carbocycles. The Morgan fingerprint density at radius 1 is 1.12 bits per heavy atom. The Labute approximate surface area is 192 Å². The van der Waals surface area contributed by atoms with E-state index in [1.165, 1.54) is 5.69 Å². The zero-order chi connectivity index (χ0) is 22.6. The van der Waals surface area contributed by atoms with Crippen molar-refractivity contribution in [1.29, 1.82) is 0 Å². The maximum Gasteiger partial charge on any atom is 0.146 e. The van der Waals surface area contributed by atoms with Crippen LogP contribution in [0.5, 0.6) is 0 Å². The number of nitrogens with zero attached hydrogens (tertiary/aromatic N) is 4. The van der Waals surface area contributed by atoms with Crippen molar-refractivity contribution < 1.29 is 4.39 Å². The first kappa shape index (κ1) is 20.5. The number of benzene rings is 1. The molecule has 7 heteroatoms. The molecule has 3 N–H and O–H groups in total. The predicted octanol–water partition coefficient (Wildman–Crippen LogP) is 4.76. The van der Waals surface area contributed by atoms with Crippen LogP contribution in [0, 0.1) is 12.3 Å². The minimum atomic E-state index is -0.318. The first-order chi connectivity index (χ1) is 16.1. The molecule has 2 aliphatic carbocycles. The van der Waals surface area contributed by atoms with Crippen molar-refractivity contribution in [3.63, 3.8) is 0 Å². The summed E-state index contributed by atoms with van der Waals surface area (Å²) in [6.45, 7) is 3.18. The van der Waals surface area contributed by atoms with Gasteiger partial charge in [-0.3, -0.25) is 4.98 Å². The zero-order valence-corrected chi connectivity index (χ0v) is 18.9. The number of hydrogen-bond acceptors (Lipinski definition) is 5. The van der Waals surface area contributed by atoms with Gasteiger partial charge in [0.2, 0.25) is 0 Å². The fraction of sp³-hybridized carbons (Fsp3) is 0.423. The molecule has 33 heavy (non-hydrogen) atoms. The highest BCUT2D eigenvalue weighted by Crippen LogP contribution is 2.61. The minimum Gasteiger partial charge on any atom is -0.383 e. The lowest BCUT2D eigenvalue weighted by Gasteiger charge is -2.31. The third-order valence-electron chi connectivity index (χ3n) is 8.09. The Kier molecular flexibility index (Phi) is 4.66. The van der Waals surface area contributed by atoms with E-state index in [0.29, 0.717) is 12.4 Å². The monoisotopic (exact) mass is 444 g/mol. The fourth-order valence-corrected chi connectivity index (χ4v) is 6.65. The summed E-state index contributed by atoms with van der Waals surface area (Å²) in [5.41, 5.74) is 11.9. The average molecular weight is 445 g/mol. The Balaban J connectivity index is 1.51. The molecular weight excluding hydrogens is 415 g/mol. The van der Waals surface area contributed by atoms with Gasteiger partial charge < -0.3 is 15.6 Å². The van der Waals surface area contributed by atoms with Gasteiger partial charge in [0.15, 0.2) is 0 Å². The van der Waals surface area contributed by atoms with Crippen LogP contribution in [0.4, 0.5) is 10.2 Å². The molecule has 3 heterocycles. The van der Waals surface area contributed by atoms with E-state index in [0.717, 1.165) is 71.7 Å². The number of nitrogens with two attached hydrogens (primary N) is 1. The number of halogens is 1. The molecule has 0 amide bonds. The maximum absolute atomic E-state index is 12.7. The lowest BCUT2D eigenvalue weighted by atomic mass is 9.84. The summed E-state index contributed by atoms with van der Waals surface area (Å²) < 4.78 is 15.1. The van der Waals surface area contributed by atoms with Crippen LogP contribution in [0.2, 0.25) is 0 Å². The van der Waals surface area contributed by atoms with E-state index in [1.807, 2.05) is 24.4 Å². The number of anilines is 1. The van der Waals surface area contributed by atoms with Crippen molar-refractivity contribution in [3.05, 3.63) is 48.5 Å². The predicted molar refractivity (Wildman–Crippen MR) is 130 cm³/mol. The Morgan fingerprint density at radius 3 is 2.76 bits per heavy atom. The highest BCUT2D eigenvalue weighted by atomic mass is 19.1. The molecule has 0 saturated heterocycles. The van der Waals surface area contributed by atoms with Gasteiger partial charge in [0.05, 0.1) is 10.9 Å². The first-order valence-corrected chi connectivity index (χ1v) is 11.8. The van der Waals surface area contributed by atoms with Gasteiger partial charge in [-0.1, -0.05) is 18.2 Å². The third-order valence-corrected chi connectivity index (χ3v) is 8.09. The van der Waals surface area contributed by atoms with Crippen LogP contribution in [-0.4, -0.2) is 39.3 Å². The fourth-order valence-electron chi connectivity index (χ4n) is 6.65. The van der Waals surface area contributed by atoms with E-state index in [9.17, 15) is 4.39 Å². The van der Waals surface area contributed by atoms with Gasteiger partial charge in [0, 0.05) is 47.0 Å². The number of aromatic nitrogens is 4. The second kappa shape index (κ2) is 7.48. The van der Waals surface area contributed by atoms with Gasteiger partial charge in [0.1, 0.15) is 24.5 Å². The molecule has 0 aliphatic heterocycles. The Morgan fingerprint density at radius 2 is 1.94 bits per heavy atom. The molecule has 0 radical (unpaired) electrons. The van der Waals surface area contributed by atoms with Gasteiger partial charge in [0.25, 0.3) is 0 Å². The molecule has 6 nitrogen and oxygen atoms in total. The number of pyridine rings is 1. The number of para-hydroxylation sites is 1. The topological polar surface area (TPSA) is 81.7 Å². The first-order valence-electron chi connectivity index (χ1n) is 11.8. The Hall–Kier alpha value is -3.06. The molecule has 0 unspecified atom stereocenters. The molecule has 170 valence electrons. The van der Waals surface area contributed by atoms with Crippen molar-refractivity contribution in [1.82, 2.24) is 24.8 Å². The largest absolute Gasteiger partial charge is 0.383 e. The van der Waals surface area contributed by atoms with Crippen molar-refractivity contribution in [2.75, 3.05) is 25.5 Å². The summed E-state index contributed by atoms with van der Waals surface area (Å²) in [6.07, 6.45) is 9.11. The molecular formula is C26H29FN6. The van der Waals surface area contributed by atoms with Crippen LogP contribution in [0.1, 0.15) is 37.8 Å². The smallest absolute Gasteiger partial charge is 0.146 e. The lowest BCUT2D eigenvalue weighted by Crippen LogP contribution is -2.32. The number of nitrogens with one attached hydrogen (secondary N) is 1. The van der Waals surface area contributed by atoms with Crippen LogP contribution in [0.3, 0.4) is 0 Å². The minimum absolute atomic E-state index is 0.0169. The molecule has 2 saturated carbocycles. The standard InChI is InChI=1S/C26H29FN6/c1-17-21(19-12-18-4-2-3-5-20(18)30-13-19)22-23(28)31-16-32-24(22)33(17)26-8-6-25(14-26,7-9-26)15-29-11-10-27/h2-5,12-13,16,29H,6-11,14-15H2,1H3,(H2,28,31,32). The van der Waals surface area contributed by atoms with Crippen LogP contribution in [0.25, 0.3) is 33.1 Å². The summed E-state index contributed by atoms with van der Waals surface area (Å²) >= 11 is 0. The summed E-state index contributed by atoms with van der Waals surface area (Å²) in [6, 6.07) is 10.3. The van der Waals surface area contributed by atoms with E-state index in [4.69, 9.17) is 15.7 Å². The highest BCUT2D eigenvalue weighted by Gasteiger charge is 2.55. The van der Waals surface area contributed by atoms with Crippen molar-refractivity contribution >= 4 is 27.8 Å². The maximum atomic E-state index is 12.7. The highest BCUT2D eigenvalue weighted by molar-refractivity contribution is 6.03. The molecule has 2 fully saturated rings. The van der Waals surface area contributed by atoms with Gasteiger partial charge >= 0.3 is 0 Å². The van der Waals surface area contributed by atoms with Gasteiger partial charge in [-0.25, -0.2) is 14.4 Å². The lowest BCUT2D eigenvalue weighted by molar-refractivity contribution is 0.265. The summed E-state index contributed by atoms with van der Waals surface area (Å²) in [5, 5.41) is 5.35. The van der Waals surface area contributed by atoms with E-state index < -0.39 is 0 Å². The second-order valence-electron chi connectivity index (χ2n) is 9.94. The van der Waals surface area contributed by atoms with E-state index in [-0.39, 0.29) is 17.6 Å². The van der Waals surface area contributed by atoms with Gasteiger partial charge in [-0.2, -0.15) is 0 Å². The number of hydrogen-bond donors (Lipinski definition) is 2. The van der Waals surface area contributed by atoms with E-state index in [2.05, 4.69) is 33.9 Å². The van der Waals surface area contributed by atoms with E-state index in [1.54, 1.807) is 6.33 Å². The van der Waals surface area contributed by atoms with Gasteiger partial charge in [-0.15, -0.1) is 0 Å². The van der Waals surface area contributed by atoms with Crippen molar-refractivity contribution in [3.8, 4) is 11.1 Å². The van der Waals surface area contributed by atoms with Crippen LogP contribution in [0.15, 0.2) is 42.9 Å². The number of fused-ring (bicyclic) bond motifs is 4. The van der Waals surface area contributed by atoms with Crippen LogP contribution >= 0.6 is 0 Å². The summed E-state index contributed by atoms with van der Waals surface area (Å²) in [7, 11) is 0. The molecule has 6 rings (SSSR count). The summed E-state index contributed by atoms with van der Waals surface area (Å²) in [5.74, 6) is 0.508. The number of nitrogen functional groups attached to an aromatic ring is 1. The molecule has 0 atom stereocenters. The molecule has 0 spiro atoms. The summed E-state index contributed by atoms with van der Waals surface area (Å²) in [4.78, 5) is 13.8. The van der Waals surface area contributed by atoms with Crippen molar-refractivity contribution in [2.24, 2.45) is 5.41 Å². The number of alkyl halides is 1. The van der Waals surface area contributed by atoms with Crippen molar-refractivity contribution in [2.45, 2.75) is 44.6 Å². The quantitative estimate of drug-likeness (QED) is 0.419. The number of rotatable bonds is 6. The van der Waals surface area contributed by atoms with Gasteiger partial charge in [-0.05, 0) is 56.6 Å². The molecule has 2 bridgehead atoms. The normalized spacial score (nSPS) is 24.3.